The van der Waals surface area contributed by atoms with E-state index < -0.39 is 5.91 Å². The molecule has 1 amide bonds. The molecule has 0 heterocycles. The number of rotatable bonds is 9. The third kappa shape index (κ3) is 6.31. The quantitative estimate of drug-likeness (QED) is 0.324. The van der Waals surface area contributed by atoms with E-state index >= 15 is 0 Å². The second kappa shape index (κ2) is 10.6. The van der Waals surface area contributed by atoms with Gasteiger partial charge in [-0.25, -0.2) is 5.43 Å². The maximum absolute atomic E-state index is 11.9. The lowest BCUT2D eigenvalue weighted by molar-refractivity contribution is -0.123. The fourth-order valence-electron chi connectivity index (χ4n) is 2.13. The van der Waals surface area contributed by atoms with Gasteiger partial charge < -0.3 is 19.3 Å². The number of hydrogen-bond donors (Lipinski definition) is 2. The molecule has 0 aliphatic carbocycles. The van der Waals surface area contributed by atoms with Gasteiger partial charge in [-0.2, -0.15) is 5.10 Å². The van der Waals surface area contributed by atoms with Crippen molar-refractivity contribution in [1.29, 1.82) is 0 Å². The van der Waals surface area contributed by atoms with E-state index in [1.54, 1.807) is 30.3 Å². The molecule has 7 nitrogen and oxygen atoms in total. The topological polar surface area (TPSA) is 89.4 Å². The third-order valence-electron chi connectivity index (χ3n) is 3.26. The molecule has 0 fully saturated rings. The summed E-state index contributed by atoms with van der Waals surface area (Å²) in [6, 6.07) is 10.5. The number of nitrogens with zero attached hydrogens (tertiary/aromatic N) is 1. The molecule has 8 heteroatoms. The molecule has 2 aromatic carbocycles. The molecule has 0 saturated carbocycles. The number of hydrogen-bond acceptors (Lipinski definition) is 6. The van der Waals surface area contributed by atoms with Crippen molar-refractivity contribution in [2.45, 2.75) is 13.8 Å². The van der Waals surface area contributed by atoms with Crippen LogP contribution in [0.15, 0.2) is 41.5 Å². The number of ether oxygens (including phenoxy) is 3. The van der Waals surface area contributed by atoms with Gasteiger partial charge in [0, 0.05) is 0 Å². The van der Waals surface area contributed by atoms with Crippen molar-refractivity contribution in [1.82, 2.24) is 5.43 Å². The molecule has 2 N–H and O–H groups in total. The van der Waals surface area contributed by atoms with Crippen LogP contribution in [0.2, 0.25) is 0 Å². The Balaban J connectivity index is 1.92. The Morgan fingerprint density at radius 3 is 2.41 bits per heavy atom. The highest BCUT2D eigenvalue weighted by Crippen LogP contribution is 2.32. The van der Waals surface area contributed by atoms with Crippen LogP contribution in [0.1, 0.15) is 19.4 Å². The number of benzene rings is 2. The number of phenolic OH excluding ortho intramolecular Hbond substituents is 1. The molecule has 27 heavy (non-hydrogen) atoms. The molecule has 0 saturated heterocycles. The highest BCUT2D eigenvalue weighted by Gasteiger charge is 2.09. The normalized spacial score (nSPS) is 10.6. The SMILES string of the molecule is CCOc1ccccc1OCC(=O)N/N=C\c1cc(I)c(O)c(OCC)c1. The van der Waals surface area contributed by atoms with Gasteiger partial charge in [0.2, 0.25) is 0 Å². The van der Waals surface area contributed by atoms with Crippen LogP contribution in [0, 0.1) is 3.57 Å². The fourth-order valence-corrected chi connectivity index (χ4v) is 2.76. The van der Waals surface area contributed by atoms with Gasteiger partial charge in [-0.05, 0) is 66.3 Å². The molecule has 0 aliphatic heterocycles. The second-order valence-electron chi connectivity index (χ2n) is 5.24. The summed E-state index contributed by atoms with van der Waals surface area (Å²) in [7, 11) is 0. The van der Waals surface area contributed by atoms with Crippen LogP contribution in [0.3, 0.4) is 0 Å². The Bertz CT molecular complexity index is 811. The summed E-state index contributed by atoms with van der Waals surface area (Å²) in [4.78, 5) is 11.9. The summed E-state index contributed by atoms with van der Waals surface area (Å²) in [5, 5.41) is 13.8. The van der Waals surface area contributed by atoms with E-state index in [0.717, 1.165) is 0 Å². The van der Waals surface area contributed by atoms with E-state index in [2.05, 4.69) is 10.5 Å². The van der Waals surface area contributed by atoms with Gasteiger partial charge >= 0.3 is 0 Å². The second-order valence-corrected chi connectivity index (χ2v) is 6.41. The van der Waals surface area contributed by atoms with Crippen LogP contribution in [0.4, 0.5) is 0 Å². The fraction of sp³-hybridized carbons (Fsp3) is 0.263. The molecule has 0 spiro atoms. The number of para-hydroxylation sites is 2. The highest BCUT2D eigenvalue weighted by atomic mass is 127. The van der Waals surface area contributed by atoms with E-state index in [1.807, 2.05) is 42.5 Å². The number of nitrogens with one attached hydrogen (secondary N) is 1. The Hall–Kier alpha value is -2.49. The smallest absolute Gasteiger partial charge is 0.277 e. The van der Waals surface area contributed by atoms with Crippen LogP contribution in [0.25, 0.3) is 0 Å². The summed E-state index contributed by atoms with van der Waals surface area (Å²) < 4.78 is 16.9. The molecule has 0 aromatic heterocycles. The number of halogens is 1. The highest BCUT2D eigenvalue weighted by molar-refractivity contribution is 14.1. The Kier molecular flexibility index (Phi) is 8.18. The number of phenols is 1. The largest absolute Gasteiger partial charge is 0.504 e. The lowest BCUT2D eigenvalue weighted by atomic mass is 10.2. The van der Waals surface area contributed by atoms with Crippen molar-refractivity contribution in [2.75, 3.05) is 19.8 Å². The molecular formula is C19H21IN2O5. The van der Waals surface area contributed by atoms with E-state index in [0.29, 0.717) is 39.6 Å². The van der Waals surface area contributed by atoms with Gasteiger partial charge in [-0.15, -0.1) is 0 Å². The van der Waals surface area contributed by atoms with Crippen molar-refractivity contribution < 1.29 is 24.1 Å². The molecule has 2 rings (SSSR count). The Labute approximate surface area is 171 Å². The molecule has 0 unspecified atom stereocenters. The van der Waals surface area contributed by atoms with Crippen LogP contribution in [-0.4, -0.2) is 37.0 Å². The molecule has 144 valence electrons. The van der Waals surface area contributed by atoms with Crippen LogP contribution in [-0.2, 0) is 4.79 Å². The van der Waals surface area contributed by atoms with E-state index in [9.17, 15) is 9.90 Å². The number of hydrazone groups is 1. The number of carbonyl (C=O) groups excluding carboxylic acids is 1. The lowest BCUT2D eigenvalue weighted by Crippen LogP contribution is -2.24. The van der Waals surface area contributed by atoms with Gasteiger partial charge in [0.25, 0.3) is 5.91 Å². The molecule has 0 radical (unpaired) electrons. The summed E-state index contributed by atoms with van der Waals surface area (Å²) in [6.45, 7) is 4.45. The first-order valence-corrected chi connectivity index (χ1v) is 9.44. The van der Waals surface area contributed by atoms with Crippen LogP contribution >= 0.6 is 22.6 Å². The lowest BCUT2D eigenvalue weighted by Gasteiger charge is -2.10. The average Bonchev–Trinajstić information content (AvgIpc) is 2.65. The number of amides is 1. The van der Waals surface area contributed by atoms with Crippen molar-refractivity contribution in [3.05, 3.63) is 45.5 Å². The van der Waals surface area contributed by atoms with Crippen molar-refractivity contribution in [3.63, 3.8) is 0 Å². The predicted octanol–water partition coefficient (Wildman–Crippen LogP) is 3.32. The van der Waals surface area contributed by atoms with Crippen molar-refractivity contribution >= 4 is 34.7 Å². The van der Waals surface area contributed by atoms with Crippen molar-refractivity contribution in [2.24, 2.45) is 5.10 Å². The van der Waals surface area contributed by atoms with E-state index in [1.165, 1.54) is 6.21 Å². The summed E-state index contributed by atoms with van der Waals surface area (Å²) in [5.74, 6) is 1.12. The van der Waals surface area contributed by atoms with E-state index in [4.69, 9.17) is 14.2 Å². The number of carbonyl (C=O) groups is 1. The standard InChI is InChI=1S/C19H21IN2O5/c1-3-25-15-7-5-6-8-16(15)27-12-18(23)22-21-11-13-9-14(20)19(24)17(10-13)26-4-2/h5-11,24H,3-4,12H2,1-2H3,(H,22,23)/b21-11-. The molecular weight excluding hydrogens is 463 g/mol. The average molecular weight is 484 g/mol. The van der Waals surface area contributed by atoms with Gasteiger partial charge in [0.15, 0.2) is 29.6 Å². The van der Waals surface area contributed by atoms with E-state index in [-0.39, 0.29) is 12.4 Å². The summed E-state index contributed by atoms with van der Waals surface area (Å²) in [5.41, 5.74) is 3.08. The van der Waals surface area contributed by atoms with Gasteiger partial charge in [-0.3, -0.25) is 4.79 Å². The summed E-state index contributed by atoms with van der Waals surface area (Å²) >= 11 is 2.00. The minimum atomic E-state index is -0.406. The van der Waals surface area contributed by atoms with Gasteiger partial charge in [0.1, 0.15) is 0 Å². The van der Waals surface area contributed by atoms with Gasteiger partial charge in [0.05, 0.1) is 23.0 Å². The molecule has 0 atom stereocenters. The maximum atomic E-state index is 11.9. The Morgan fingerprint density at radius 2 is 1.74 bits per heavy atom. The zero-order valence-electron chi connectivity index (χ0n) is 15.1. The predicted molar refractivity (Wildman–Crippen MR) is 111 cm³/mol. The minimum Gasteiger partial charge on any atom is -0.504 e. The first-order valence-electron chi connectivity index (χ1n) is 8.37. The third-order valence-corrected chi connectivity index (χ3v) is 4.08. The van der Waals surface area contributed by atoms with Crippen LogP contribution < -0.4 is 19.6 Å². The molecule has 2 aromatic rings. The first-order chi connectivity index (χ1) is 13.0. The molecule has 0 bridgehead atoms. The van der Waals surface area contributed by atoms with Crippen LogP contribution in [0.5, 0.6) is 23.0 Å². The summed E-state index contributed by atoms with van der Waals surface area (Å²) in [6.07, 6.45) is 1.47. The number of aromatic hydroxyl groups is 1. The Morgan fingerprint density at radius 1 is 1.11 bits per heavy atom. The van der Waals surface area contributed by atoms with Crippen molar-refractivity contribution in [3.8, 4) is 23.0 Å². The molecule has 0 aliphatic rings. The minimum absolute atomic E-state index is 0.0833. The zero-order chi connectivity index (χ0) is 19.6. The van der Waals surface area contributed by atoms with Gasteiger partial charge in [-0.1, -0.05) is 12.1 Å². The maximum Gasteiger partial charge on any atom is 0.277 e. The monoisotopic (exact) mass is 484 g/mol. The first kappa shape index (κ1) is 20.8. The zero-order valence-corrected chi connectivity index (χ0v) is 17.2.